The van der Waals surface area contributed by atoms with Crippen LogP contribution in [0.15, 0.2) is 28.8 Å². The molecule has 2 heterocycles. The molecule has 0 atom stereocenters. The summed E-state index contributed by atoms with van der Waals surface area (Å²) in [6, 6.07) is 5.67. The first-order chi connectivity index (χ1) is 11.4. The van der Waals surface area contributed by atoms with E-state index in [2.05, 4.69) is 20.0 Å². The van der Waals surface area contributed by atoms with Crippen molar-refractivity contribution in [3.05, 3.63) is 30.2 Å². The van der Waals surface area contributed by atoms with Crippen LogP contribution in [-0.2, 0) is 11.0 Å². The predicted molar refractivity (Wildman–Crippen MR) is 75.6 cm³/mol. The molecule has 1 aliphatic heterocycles. The number of urea groups is 1. The van der Waals surface area contributed by atoms with E-state index in [0.29, 0.717) is 18.8 Å². The Hall–Kier alpha value is -2.62. The molecule has 1 saturated heterocycles. The number of hydroxylamine groups is 2. The first kappa shape index (κ1) is 16.2. The van der Waals surface area contributed by atoms with E-state index in [1.165, 1.54) is 17.2 Å². The predicted octanol–water partition coefficient (Wildman–Crippen LogP) is 3.31. The Bertz CT molecular complexity index is 726. The molecule has 0 saturated carbocycles. The van der Waals surface area contributed by atoms with Crippen LogP contribution in [0.2, 0.25) is 0 Å². The van der Waals surface area contributed by atoms with Crippen molar-refractivity contribution >= 4 is 11.7 Å². The van der Waals surface area contributed by atoms with Gasteiger partial charge in [0.1, 0.15) is 0 Å². The van der Waals surface area contributed by atoms with Gasteiger partial charge in [-0.05, 0) is 25.0 Å². The van der Waals surface area contributed by atoms with Crippen LogP contribution in [0.1, 0.15) is 18.7 Å². The Morgan fingerprint density at radius 1 is 1.29 bits per heavy atom. The molecule has 0 unspecified atom stereocenters. The van der Waals surface area contributed by atoms with Gasteiger partial charge in [0.25, 0.3) is 0 Å². The molecule has 2 aromatic rings. The second kappa shape index (κ2) is 6.48. The number of nitrogens with one attached hydrogen (secondary N) is 1. The molecule has 10 heteroatoms. The Morgan fingerprint density at radius 3 is 2.79 bits per heavy atom. The van der Waals surface area contributed by atoms with Crippen LogP contribution >= 0.6 is 0 Å². The van der Waals surface area contributed by atoms with E-state index in [-0.39, 0.29) is 11.4 Å². The highest BCUT2D eigenvalue weighted by Gasteiger charge is 2.38. The number of amides is 2. The number of alkyl halides is 3. The zero-order chi connectivity index (χ0) is 17.2. The molecule has 128 valence electrons. The number of anilines is 1. The molecule has 1 fully saturated rings. The maximum Gasteiger partial charge on any atom is 0.471 e. The summed E-state index contributed by atoms with van der Waals surface area (Å²) in [5.74, 6) is -1.64. The van der Waals surface area contributed by atoms with Gasteiger partial charge in [-0.3, -0.25) is 4.84 Å². The average Bonchev–Trinajstić information content (AvgIpc) is 3.06. The number of aromatic nitrogens is 2. The van der Waals surface area contributed by atoms with Crippen molar-refractivity contribution in [1.82, 2.24) is 15.2 Å². The highest BCUT2D eigenvalue weighted by molar-refractivity contribution is 5.89. The molecule has 0 aliphatic carbocycles. The number of benzene rings is 1. The van der Waals surface area contributed by atoms with Crippen molar-refractivity contribution in [3.63, 3.8) is 0 Å². The normalized spacial score (nSPS) is 15.4. The minimum atomic E-state index is -4.71. The van der Waals surface area contributed by atoms with E-state index in [0.717, 1.165) is 12.8 Å². The van der Waals surface area contributed by atoms with Gasteiger partial charge in [-0.25, -0.2) is 9.86 Å². The second-order valence-electron chi connectivity index (χ2n) is 5.07. The lowest BCUT2D eigenvalue weighted by Gasteiger charge is -2.25. The van der Waals surface area contributed by atoms with Gasteiger partial charge in [-0.2, -0.15) is 18.2 Å². The van der Waals surface area contributed by atoms with Crippen LogP contribution in [0.3, 0.4) is 0 Å². The van der Waals surface area contributed by atoms with Gasteiger partial charge in [0.2, 0.25) is 5.82 Å². The fourth-order valence-corrected chi connectivity index (χ4v) is 2.13. The fraction of sp³-hybridized carbons (Fsp3) is 0.357. The van der Waals surface area contributed by atoms with Gasteiger partial charge < -0.3 is 9.84 Å². The molecule has 0 radical (unpaired) electrons. The number of carbonyl (C=O) groups excluding carboxylic acids is 1. The summed E-state index contributed by atoms with van der Waals surface area (Å²) >= 11 is 0. The Balaban J connectivity index is 1.74. The molecule has 3 rings (SSSR count). The number of nitrogens with zero attached hydrogens (tertiary/aromatic N) is 3. The lowest BCUT2D eigenvalue weighted by atomic mass is 10.2. The van der Waals surface area contributed by atoms with Crippen LogP contribution in [-0.4, -0.2) is 34.4 Å². The first-order valence-electron chi connectivity index (χ1n) is 7.16. The van der Waals surface area contributed by atoms with E-state index in [1.54, 1.807) is 12.1 Å². The largest absolute Gasteiger partial charge is 0.471 e. The summed E-state index contributed by atoms with van der Waals surface area (Å²) in [4.78, 5) is 20.6. The van der Waals surface area contributed by atoms with Gasteiger partial charge in [0.15, 0.2) is 0 Å². The number of hydrogen-bond acceptors (Lipinski definition) is 5. The Morgan fingerprint density at radius 2 is 2.12 bits per heavy atom. The highest BCUT2D eigenvalue weighted by atomic mass is 19.4. The zero-order valence-corrected chi connectivity index (χ0v) is 12.3. The first-order valence-corrected chi connectivity index (χ1v) is 7.16. The summed E-state index contributed by atoms with van der Waals surface area (Å²) in [6.45, 7) is 0.946. The summed E-state index contributed by atoms with van der Waals surface area (Å²) in [5.41, 5.74) is 0.664. The van der Waals surface area contributed by atoms with Crippen LogP contribution in [0, 0.1) is 0 Å². The summed E-state index contributed by atoms with van der Waals surface area (Å²) in [5, 5.41) is 7.14. The van der Waals surface area contributed by atoms with Gasteiger partial charge in [0.05, 0.1) is 13.2 Å². The van der Waals surface area contributed by atoms with Gasteiger partial charge in [0, 0.05) is 11.3 Å². The van der Waals surface area contributed by atoms with E-state index in [1.807, 2.05) is 0 Å². The van der Waals surface area contributed by atoms with E-state index >= 15 is 0 Å². The van der Waals surface area contributed by atoms with E-state index in [4.69, 9.17) is 4.84 Å². The molecule has 1 aromatic carbocycles. The van der Waals surface area contributed by atoms with Crippen LogP contribution in [0.4, 0.5) is 23.7 Å². The van der Waals surface area contributed by atoms with E-state index in [9.17, 15) is 18.0 Å². The van der Waals surface area contributed by atoms with Crippen molar-refractivity contribution in [2.75, 3.05) is 18.5 Å². The third-order valence-electron chi connectivity index (χ3n) is 3.27. The third-order valence-corrected chi connectivity index (χ3v) is 3.27. The smallest absolute Gasteiger partial charge is 0.329 e. The molecular weight excluding hydrogens is 329 g/mol. The van der Waals surface area contributed by atoms with Crippen molar-refractivity contribution in [2.24, 2.45) is 0 Å². The standard InChI is InChI=1S/C14H13F3N4O3/c15-14(16,17)12-19-11(20-24-12)9-4-3-5-10(8-9)18-13(22)21-6-1-2-7-23-21/h3-5,8H,1-2,6-7H2,(H,18,22). The molecule has 24 heavy (non-hydrogen) atoms. The molecular formula is C14H13F3N4O3. The quantitative estimate of drug-likeness (QED) is 0.905. The molecule has 1 N–H and O–H groups in total. The molecule has 7 nitrogen and oxygen atoms in total. The molecule has 0 spiro atoms. The minimum absolute atomic E-state index is 0.215. The zero-order valence-electron chi connectivity index (χ0n) is 12.3. The van der Waals surface area contributed by atoms with E-state index < -0.39 is 18.1 Å². The van der Waals surface area contributed by atoms with Crippen molar-refractivity contribution in [2.45, 2.75) is 19.0 Å². The van der Waals surface area contributed by atoms with Crippen LogP contribution in [0.5, 0.6) is 0 Å². The minimum Gasteiger partial charge on any atom is -0.329 e. The van der Waals surface area contributed by atoms with Gasteiger partial charge in [-0.15, -0.1) is 0 Å². The second-order valence-corrected chi connectivity index (χ2v) is 5.07. The van der Waals surface area contributed by atoms with Gasteiger partial charge in [-0.1, -0.05) is 17.3 Å². The topological polar surface area (TPSA) is 80.5 Å². The number of hydrogen-bond donors (Lipinski definition) is 1. The highest BCUT2D eigenvalue weighted by Crippen LogP contribution is 2.29. The maximum absolute atomic E-state index is 12.5. The van der Waals surface area contributed by atoms with Crippen LogP contribution in [0.25, 0.3) is 11.4 Å². The fourth-order valence-electron chi connectivity index (χ4n) is 2.13. The van der Waals surface area contributed by atoms with Gasteiger partial charge >= 0.3 is 18.1 Å². The number of carbonyl (C=O) groups is 1. The van der Waals surface area contributed by atoms with Crippen LogP contribution < -0.4 is 5.32 Å². The van der Waals surface area contributed by atoms with Crippen molar-refractivity contribution in [1.29, 1.82) is 0 Å². The average molecular weight is 342 g/mol. The molecule has 2 amide bonds. The monoisotopic (exact) mass is 342 g/mol. The molecule has 1 aliphatic rings. The number of halogens is 3. The molecule has 1 aromatic heterocycles. The van der Waals surface area contributed by atoms with Crippen molar-refractivity contribution in [3.8, 4) is 11.4 Å². The lowest BCUT2D eigenvalue weighted by molar-refractivity contribution is -0.159. The summed E-state index contributed by atoms with van der Waals surface area (Å²) < 4.78 is 41.7. The maximum atomic E-state index is 12.5. The van der Waals surface area contributed by atoms with Crippen molar-refractivity contribution < 1.29 is 27.3 Å². The number of rotatable bonds is 2. The lowest BCUT2D eigenvalue weighted by Crippen LogP contribution is -2.38. The third kappa shape index (κ3) is 3.65. The SMILES string of the molecule is O=C(Nc1cccc(-c2noc(C(F)(F)F)n2)c1)N1CCCCO1. The molecule has 0 bridgehead atoms. The Kier molecular flexibility index (Phi) is 4.38. The Labute approximate surface area is 134 Å². The summed E-state index contributed by atoms with van der Waals surface area (Å²) in [6.07, 6.45) is -2.97. The summed E-state index contributed by atoms with van der Waals surface area (Å²) in [7, 11) is 0.